The molecule has 0 saturated heterocycles. The Hall–Kier alpha value is -1.56. The van der Waals surface area contributed by atoms with Crippen LogP contribution in [0.3, 0.4) is 0 Å². The molecule has 0 rings (SSSR count). The molecule has 0 heteroatoms. The fourth-order valence-corrected chi connectivity index (χ4v) is 2.79. The molecule has 0 aliphatic rings. The second-order valence-corrected chi connectivity index (χ2v) is 9.17. The summed E-state index contributed by atoms with van der Waals surface area (Å²) >= 11 is 0. The van der Waals surface area contributed by atoms with Crippen LogP contribution in [-0.4, -0.2) is 0 Å². The van der Waals surface area contributed by atoms with Gasteiger partial charge in [-0.05, 0) is 105 Å². The van der Waals surface area contributed by atoms with Crippen LogP contribution in [0.4, 0.5) is 0 Å². The summed E-state index contributed by atoms with van der Waals surface area (Å²) in [5, 5.41) is 0. The van der Waals surface area contributed by atoms with Crippen molar-refractivity contribution >= 4 is 0 Å². The van der Waals surface area contributed by atoms with Crippen LogP contribution in [-0.2, 0) is 0 Å². The van der Waals surface area contributed by atoms with Gasteiger partial charge in [-0.15, -0.1) is 6.58 Å². The smallest absolute Gasteiger partial charge is 0.0262 e. The van der Waals surface area contributed by atoms with E-state index in [1.54, 1.807) is 0 Å². The first-order chi connectivity index (χ1) is 14.1. The van der Waals surface area contributed by atoms with Crippen molar-refractivity contribution in [3.63, 3.8) is 0 Å². The van der Waals surface area contributed by atoms with Crippen molar-refractivity contribution in [2.75, 3.05) is 0 Å². The standard InChI is InChI=1S/2C15H26/c2*1-6-14(4)10-8-12-15(5)11-7-9-13(2)3/h9,12H,4,6-8,10-11H2,1-3,5H3;6,9,12,14H,1,7-8,10-11H2,2-5H3/b2*15-12+. The predicted molar refractivity (Wildman–Crippen MR) is 142 cm³/mol. The number of hydrogen-bond acceptors (Lipinski definition) is 0. The Balaban J connectivity index is 0. The van der Waals surface area contributed by atoms with Crippen molar-refractivity contribution in [3.05, 3.63) is 71.4 Å². The fraction of sp³-hybridized carbons (Fsp3) is 0.600. The molecule has 0 fully saturated rings. The fourth-order valence-electron chi connectivity index (χ4n) is 2.79. The normalized spacial score (nSPS) is 12.4. The van der Waals surface area contributed by atoms with Crippen molar-refractivity contribution in [2.45, 2.75) is 113 Å². The summed E-state index contributed by atoms with van der Waals surface area (Å²) < 4.78 is 0. The van der Waals surface area contributed by atoms with Crippen LogP contribution in [0.1, 0.15) is 113 Å². The average molecular weight is 413 g/mol. The quantitative estimate of drug-likeness (QED) is 0.249. The topological polar surface area (TPSA) is 0 Å². The molecule has 0 spiro atoms. The lowest BCUT2D eigenvalue weighted by molar-refractivity contribution is 0.656. The number of rotatable bonds is 14. The molecule has 0 aromatic carbocycles. The Morgan fingerprint density at radius 3 is 1.53 bits per heavy atom. The predicted octanol–water partition coefficient (Wildman–Crippen LogP) is 10.7. The van der Waals surface area contributed by atoms with Gasteiger partial charge in [-0.3, -0.25) is 0 Å². The van der Waals surface area contributed by atoms with E-state index in [9.17, 15) is 0 Å². The molecule has 0 aromatic heterocycles. The van der Waals surface area contributed by atoms with Crippen molar-refractivity contribution in [1.29, 1.82) is 0 Å². The molecule has 0 heterocycles. The first-order valence-electron chi connectivity index (χ1n) is 12.0. The molecule has 0 aliphatic carbocycles. The summed E-state index contributed by atoms with van der Waals surface area (Å²) in [5.41, 5.74) is 7.23. The van der Waals surface area contributed by atoms with Gasteiger partial charge >= 0.3 is 0 Å². The van der Waals surface area contributed by atoms with Crippen molar-refractivity contribution < 1.29 is 0 Å². The summed E-state index contributed by atoms with van der Waals surface area (Å²) in [6.07, 6.45) is 22.0. The lowest BCUT2D eigenvalue weighted by atomic mass is 10.0. The second-order valence-electron chi connectivity index (χ2n) is 9.17. The summed E-state index contributed by atoms with van der Waals surface area (Å²) in [6.45, 7) is 25.3. The maximum absolute atomic E-state index is 4.02. The van der Waals surface area contributed by atoms with E-state index in [1.165, 1.54) is 66.4 Å². The first-order valence-corrected chi connectivity index (χ1v) is 12.0. The van der Waals surface area contributed by atoms with Gasteiger partial charge in [-0.1, -0.05) is 78.7 Å². The maximum atomic E-state index is 4.02. The Morgan fingerprint density at radius 1 is 0.700 bits per heavy atom. The van der Waals surface area contributed by atoms with Gasteiger partial charge < -0.3 is 0 Å². The van der Waals surface area contributed by atoms with Crippen LogP contribution in [0.25, 0.3) is 0 Å². The SMILES string of the molecule is C=C(CC)CC/C=C(\C)CCC=C(C)C.C=CC(C)CC/C=C(\C)CCC=C(C)C. The molecular formula is C30H52. The summed E-state index contributed by atoms with van der Waals surface area (Å²) in [7, 11) is 0. The Morgan fingerprint density at radius 2 is 1.13 bits per heavy atom. The van der Waals surface area contributed by atoms with Gasteiger partial charge in [0.25, 0.3) is 0 Å². The molecule has 0 saturated carbocycles. The van der Waals surface area contributed by atoms with Gasteiger partial charge in [-0.2, -0.15) is 0 Å². The van der Waals surface area contributed by atoms with E-state index in [0.29, 0.717) is 5.92 Å². The molecule has 0 N–H and O–H groups in total. The van der Waals surface area contributed by atoms with Gasteiger partial charge in [0.2, 0.25) is 0 Å². The zero-order valence-corrected chi connectivity index (χ0v) is 21.7. The second kappa shape index (κ2) is 20.7. The molecule has 0 aliphatic heterocycles. The third-order valence-corrected chi connectivity index (χ3v) is 5.19. The van der Waals surface area contributed by atoms with Gasteiger partial charge in [0, 0.05) is 0 Å². The van der Waals surface area contributed by atoms with Crippen LogP contribution in [0.15, 0.2) is 71.4 Å². The lowest BCUT2D eigenvalue weighted by Crippen LogP contribution is -1.87. The summed E-state index contributed by atoms with van der Waals surface area (Å²) in [6, 6.07) is 0. The molecule has 1 unspecified atom stereocenters. The first kappa shape index (κ1) is 30.6. The zero-order valence-electron chi connectivity index (χ0n) is 21.7. The molecule has 1 atom stereocenters. The summed E-state index contributed by atoms with van der Waals surface area (Å²) in [4.78, 5) is 0. The molecular weight excluding hydrogens is 360 g/mol. The van der Waals surface area contributed by atoms with E-state index in [-0.39, 0.29) is 0 Å². The van der Waals surface area contributed by atoms with E-state index in [1.807, 2.05) is 6.08 Å². The third-order valence-electron chi connectivity index (χ3n) is 5.19. The van der Waals surface area contributed by atoms with Gasteiger partial charge in [-0.25, -0.2) is 0 Å². The minimum atomic E-state index is 0.645. The zero-order chi connectivity index (χ0) is 23.4. The molecule has 0 nitrogen and oxygen atoms in total. The molecule has 0 amide bonds. The van der Waals surface area contributed by atoms with Gasteiger partial charge in [0.1, 0.15) is 0 Å². The maximum Gasteiger partial charge on any atom is -0.0262 e. The van der Waals surface area contributed by atoms with Crippen molar-refractivity contribution in [1.82, 2.24) is 0 Å². The molecule has 30 heavy (non-hydrogen) atoms. The third kappa shape index (κ3) is 24.5. The van der Waals surface area contributed by atoms with E-state index < -0.39 is 0 Å². The Bertz CT molecular complexity index is 569. The van der Waals surface area contributed by atoms with Crippen LogP contribution < -0.4 is 0 Å². The van der Waals surface area contributed by atoms with Crippen molar-refractivity contribution in [2.24, 2.45) is 5.92 Å². The number of hydrogen-bond donors (Lipinski definition) is 0. The van der Waals surface area contributed by atoms with E-state index in [2.05, 4.69) is 92.9 Å². The van der Waals surface area contributed by atoms with E-state index >= 15 is 0 Å². The molecule has 0 aromatic rings. The van der Waals surface area contributed by atoms with Crippen LogP contribution in [0.2, 0.25) is 0 Å². The highest BCUT2D eigenvalue weighted by Gasteiger charge is 1.94. The lowest BCUT2D eigenvalue weighted by Gasteiger charge is -2.03. The summed E-state index contributed by atoms with van der Waals surface area (Å²) in [5.74, 6) is 0.645. The van der Waals surface area contributed by atoms with E-state index in [4.69, 9.17) is 0 Å². The average Bonchev–Trinajstić information content (AvgIpc) is 2.67. The molecule has 0 bridgehead atoms. The van der Waals surface area contributed by atoms with Gasteiger partial charge in [0.15, 0.2) is 0 Å². The molecule has 172 valence electrons. The highest BCUT2D eigenvalue weighted by Crippen LogP contribution is 2.13. The minimum Gasteiger partial charge on any atom is -0.103 e. The van der Waals surface area contributed by atoms with Gasteiger partial charge in [0.05, 0.1) is 0 Å². The highest BCUT2D eigenvalue weighted by atomic mass is 14.0. The Labute approximate surface area is 190 Å². The largest absolute Gasteiger partial charge is 0.103 e. The van der Waals surface area contributed by atoms with Crippen molar-refractivity contribution in [3.8, 4) is 0 Å². The number of allylic oxidation sites excluding steroid dienone is 10. The Kier molecular flexibility index (Phi) is 21.1. The van der Waals surface area contributed by atoms with Crippen LogP contribution >= 0.6 is 0 Å². The van der Waals surface area contributed by atoms with Crippen LogP contribution in [0, 0.1) is 5.92 Å². The highest BCUT2D eigenvalue weighted by molar-refractivity contribution is 5.04. The van der Waals surface area contributed by atoms with Crippen LogP contribution in [0.5, 0.6) is 0 Å². The minimum absolute atomic E-state index is 0.645. The molecule has 0 radical (unpaired) electrons. The van der Waals surface area contributed by atoms with E-state index in [0.717, 1.165) is 19.3 Å². The monoisotopic (exact) mass is 412 g/mol.